The molecule has 1 aromatic heterocycles. The third-order valence-corrected chi connectivity index (χ3v) is 3.77. The summed E-state index contributed by atoms with van der Waals surface area (Å²) in [5.41, 5.74) is 3.48. The van der Waals surface area contributed by atoms with Crippen LogP contribution in [-0.4, -0.2) is 20.6 Å². The van der Waals surface area contributed by atoms with E-state index in [0.717, 1.165) is 23.4 Å². The summed E-state index contributed by atoms with van der Waals surface area (Å²) in [4.78, 5) is 15.5. The van der Waals surface area contributed by atoms with Gasteiger partial charge in [0, 0.05) is 6.54 Å². The molecule has 23 heavy (non-hydrogen) atoms. The van der Waals surface area contributed by atoms with Crippen molar-refractivity contribution in [2.24, 2.45) is 0 Å². The van der Waals surface area contributed by atoms with E-state index < -0.39 is 5.97 Å². The maximum Gasteiger partial charge on any atom is 0.335 e. The quantitative estimate of drug-likeness (QED) is 0.781. The number of aromatic nitrogens is 2. The van der Waals surface area contributed by atoms with E-state index in [9.17, 15) is 4.79 Å². The first-order valence-corrected chi connectivity index (χ1v) is 7.50. The van der Waals surface area contributed by atoms with Crippen LogP contribution in [0.3, 0.4) is 0 Å². The van der Waals surface area contributed by atoms with Crippen LogP contribution < -0.4 is 4.74 Å². The van der Waals surface area contributed by atoms with Gasteiger partial charge in [0.2, 0.25) is 0 Å². The molecule has 118 valence electrons. The van der Waals surface area contributed by atoms with Gasteiger partial charge in [0.25, 0.3) is 0 Å². The number of rotatable bonds is 5. The van der Waals surface area contributed by atoms with Gasteiger partial charge in [-0.15, -0.1) is 0 Å². The Labute approximate surface area is 134 Å². The maximum absolute atomic E-state index is 10.8. The zero-order chi connectivity index (χ0) is 16.4. The highest BCUT2D eigenvalue weighted by molar-refractivity contribution is 5.87. The van der Waals surface area contributed by atoms with Crippen molar-refractivity contribution >= 4 is 17.0 Å². The van der Waals surface area contributed by atoms with Gasteiger partial charge in [0.15, 0.2) is 0 Å². The molecule has 0 spiro atoms. The second kappa shape index (κ2) is 6.12. The molecule has 0 saturated carbocycles. The molecule has 1 heterocycles. The van der Waals surface area contributed by atoms with E-state index in [1.807, 2.05) is 6.92 Å². The van der Waals surface area contributed by atoms with Crippen LogP contribution >= 0.6 is 0 Å². The molecule has 1 N–H and O–H groups in total. The van der Waals surface area contributed by atoms with Crippen molar-refractivity contribution in [3.05, 3.63) is 59.4 Å². The number of benzene rings is 2. The van der Waals surface area contributed by atoms with E-state index in [1.165, 1.54) is 17.7 Å². The average Bonchev–Trinajstić information content (AvgIpc) is 2.89. The van der Waals surface area contributed by atoms with Gasteiger partial charge in [0.05, 0.1) is 16.6 Å². The highest BCUT2D eigenvalue weighted by Gasteiger charge is 2.10. The van der Waals surface area contributed by atoms with Crippen LogP contribution in [0.25, 0.3) is 11.0 Å². The highest BCUT2D eigenvalue weighted by Crippen LogP contribution is 2.20. The highest BCUT2D eigenvalue weighted by atomic mass is 16.5. The molecular formula is C18H18N2O3. The lowest BCUT2D eigenvalue weighted by molar-refractivity contribution is 0.0697. The fourth-order valence-electron chi connectivity index (χ4n) is 2.59. The third-order valence-electron chi connectivity index (χ3n) is 3.77. The van der Waals surface area contributed by atoms with Gasteiger partial charge in [-0.05, 0) is 55.8 Å². The number of hydrogen-bond acceptors (Lipinski definition) is 3. The van der Waals surface area contributed by atoms with Gasteiger partial charge < -0.3 is 14.4 Å². The molecule has 0 amide bonds. The van der Waals surface area contributed by atoms with Crippen molar-refractivity contribution in [1.29, 1.82) is 0 Å². The lowest BCUT2D eigenvalue weighted by atomic mass is 10.2. The summed E-state index contributed by atoms with van der Waals surface area (Å²) >= 11 is 0. The van der Waals surface area contributed by atoms with Gasteiger partial charge in [0.1, 0.15) is 18.2 Å². The molecule has 0 aliphatic carbocycles. The number of imidazole rings is 1. The average molecular weight is 310 g/mol. The number of carbonyl (C=O) groups is 1. The molecule has 0 bridgehead atoms. The first-order valence-electron chi connectivity index (χ1n) is 7.50. The van der Waals surface area contributed by atoms with Crippen molar-refractivity contribution in [3.63, 3.8) is 0 Å². The lowest BCUT2D eigenvalue weighted by Crippen LogP contribution is -2.06. The molecule has 2 aromatic carbocycles. The van der Waals surface area contributed by atoms with Gasteiger partial charge >= 0.3 is 5.97 Å². The number of nitrogens with zero attached hydrogens (tertiary/aromatic N) is 2. The summed E-state index contributed by atoms with van der Waals surface area (Å²) in [6.07, 6.45) is 0. The molecule has 0 radical (unpaired) electrons. The Morgan fingerprint density at radius 2 is 1.96 bits per heavy atom. The van der Waals surface area contributed by atoms with Crippen LogP contribution in [0.4, 0.5) is 0 Å². The zero-order valence-electron chi connectivity index (χ0n) is 13.1. The largest absolute Gasteiger partial charge is 0.486 e. The third kappa shape index (κ3) is 3.04. The molecule has 3 rings (SSSR count). The van der Waals surface area contributed by atoms with Gasteiger partial charge in [-0.2, -0.15) is 0 Å². The first-order chi connectivity index (χ1) is 11.1. The molecule has 3 aromatic rings. The molecule has 0 fully saturated rings. The van der Waals surface area contributed by atoms with Gasteiger partial charge in [-0.25, -0.2) is 9.78 Å². The number of carboxylic acids is 1. The van der Waals surface area contributed by atoms with Gasteiger partial charge in [-0.1, -0.05) is 6.07 Å². The Morgan fingerprint density at radius 1 is 1.22 bits per heavy atom. The van der Waals surface area contributed by atoms with Gasteiger partial charge in [-0.3, -0.25) is 0 Å². The summed E-state index contributed by atoms with van der Waals surface area (Å²) in [6, 6.07) is 12.6. The van der Waals surface area contributed by atoms with Crippen LogP contribution in [0.5, 0.6) is 5.75 Å². The van der Waals surface area contributed by atoms with Crippen LogP contribution in [0.2, 0.25) is 0 Å². The minimum absolute atomic E-state index is 0.244. The standard InChI is InChI=1S/C18H18N2O3/c1-3-20-16-9-4-12(2)10-15(16)19-17(20)11-23-14-7-5-13(6-8-14)18(21)22/h4-10H,3,11H2,1-2H3,(H,21,22). The summed E-state index contributed by atoms with van der Waals surface area (Å²) in [5.74, 6) is 0.538. The zero-order valence-corrected chi connectivity index (χ0v) is 13.1. The SMILES string of the molecule is CCn1c(COc2ccc(C(=O)O)cc2)nc2cc(C)ccc21. The topological polar surface area (TPSA) is 64.3 Å². The van der Waals surface area contributed by atoms with Crippen LogP contribution in [0.1, 0.15) is 28.7 Å². The predicted octanol–water partition coefficient (Wildman–Crippen LogP) is 3.64. The van der Waals surface area contributed by atoms with Crippen molar-refractivity contribution in [3.8, 4) is 5.75 Å². The summed E-state index contributed by atoms with van der Waals surface area (Å²) in [6.45, 7) is 5.28. The number of hydrogen-bond donors (Lipinski definition) is 1. The van der Waals surface area contributed by atoms with E-state index in [2.05, 4.69) is 34.7 Å². The van der Waals surface area contributed by atoms with E-state index in [4.69, 9.17) is 9.84 Å². The van der Waals surface area contributed by atoms with Crippen LogP contribution in [-0.2, 0) is 13.2 Å². The second-order valence-corrected chi connectivity index (χ2v) is 5.38. The number of ether oxygens (including phenoxy) is 1. The number of aromatic carboxylic acids is 1. The fourth-order valence-corrected chi connectivity index (χ4v) is 2.59. The lowest BCUT2D eigenvalue weighted by Gasteiger charge is -2.08. The summed E-state index contributed by atoms with van der Waals surface area (Å²) < 4.78 is 7.88. The molecular weight excluding hydrogens is 292 g/mol. The summed E-state index contributed by atoms with van der Waals surface area (Å²) in [7, 11) is 0. The van der Waals surface area contributed by atoms with Crippen molar-refractivity contribution < 1.29 is 14.6 Å². The van der Waals surface area contributed by atoms with E-state index in [1.54, 1.807) is 12.1 Å². The molecule has 0 aliphatic heterocycles. The minimum Gasteiger partial charge on any atom is -0.486 e. The van der Waals surface area contributed by atoms with Crippen LogP contribution in [0, 0.1) is 6.92 Å². The molecule has 0 aliphatic rings. The van der Waals surface area contributed by atoms with E-state index >= 15 is 0 Å². The van der Waals surface area contributed by atoms with Crippen molar-refractivity contribution in [2.45, 2.75) is 27.0 Å². The minimum atomic E-state index is -0.945. The normalized spacial score (nSPS) is 10.9. The molecule has 0 unspecified atom stereocenters. The van der Waals surface area contributed by atoms with Crippen molar-refractivity contribution in [2.75, 3.05) is 0 Å². The number of carboxylic acid groups (broad SMARTS) is 1. The Morgan fingerprint density at radius 3 is 2.61 bits per heavy atom. The van der Waals surface area contributed by atoms with Crippen molar-refractivity contribution in [1.82, 2.24) is 9.55 Å². The Hall–Kier alpha value is -2.82. The monoisotopic (exact) mass is 310 g/mol. The van der Waals surface area contributed by atoms with Crippen LogP contribution in [0.15, 0.2) is 42.5 Å². The molecule has 5 heteroatoms. The molecule has 0 atom stereocenters. The maximum atomic E-state index is 10.8. The van der Waals surface area contributed by atoms with E-state index in [0.29, 0.717) is 12.4 Å². The Balaban J connectivity index is 1.82. The Kier molecular flexibility index (Phi) is 4.02. The van der Waals surface area contributed by atoms with E-state index in [-0.39, 0.29) is 5.56 Å². The summed E-state index contributed by atoms with van der Waals surface area (Å²) in [5, 5.41) is 8.90. The first kappa shape index (κ1) is 15.1. The number of aryl methyl sites for hydroxylation is 2. The second-order valence-electron chi connectivity index (χ2n) is 5.38. The molecule has 0 saturated heterocycles. The molecule has 5 nitrogen and oxygen atoms in total. The number of fused-ring (bicyclic) bond motifs is 1. The fraction of sp³-hybridized carbons (Fsp3) is 0.222. The predicted molar refractivity (Wildman–Crippen MR) is 87.9 cm³/mol. The smallest absolute Gasteiger partial charge is 0.335 e. The Bertz CT molecular complexity index is 851.